The topological polar surface area (TPSA) is 95.2 Å². The smallest absolute Gasteiger partial charge is 0.318 e. The van der Waals surface area contributed by atoms with Gasteiger partial charge in [-0.3, -0.25) is 14.9 Å². The minimum atomic E-state index is -0.769. The number of anilines is 1. The maximum Gasteiger partial charge on any atom is 0.335 e. The highest BCUT2D eigenvalue weighted by molar-refractivity contribution is 6.39. The number of rotatable bonds is 3. The highest BCUT2D eigenvalue weighted by atomic mass is 16.2. The lowest BCUT2D eigenvalue weighted by Gasteiger charge is -2.27. The van der Waals surface area contributed by atoms with Crippen LogP contribution in [-0.4, -0.2) is 22.4 Å². The van der Waals surface area contributed by atoms with Crippen molar-refractivity contribution >= 4 is 29.6 Å². The van der Waals surface area contributed by atoms with Crippen LogP contribution in [0.25, 0.3) is 11.8 Å². The van der Waals surface area contributed by atoms with Crippen molar-refractivity contribution in [1.29, 1.82) is 5.26 Å². The molecule has 0 unspecified atom stereocenters. The molecule has 7 heteroatoms. The lowest BCUT2D eigenvalue weighted by atomic mass is 10.1. The molecular weight excluding hydrogens is 404 g/mol. The monoisotopic (exact) mass is 424 g/mol. The molecule has 4 amide bonds. The Morgan fingerprint density at radius 3 is 2.31 bits per heavy atom. The van der Waals surface area contributed by atoms with Gasteiger partial charge in [0.1, 0.15) is 5.57 Å². The minimum Gasteiger partial charge on any atom is -0.318 e. The molecule has 2 aromatic carbocycles. The van der Waals surface area contributed by atoms with Gasteiger partial charge in [-0.05, 0) is 74.4 Å². The summed E-state index contributed by atoms with van der Waals surface area (Å²) in [5.74, 6) is -1.40. The molecule has 0 radical (unpaired) electrons. The van der Waals surface area contributed by atoms with Gasteiger partial charge < -0.3 is 4.57 Å². The van der Waals surface area contributed by atoms with Crippen molar-refractivity contribution in [1.82, 2.24) is 9.88 Å². The minimum absolute atomic E-state index is 0.118. The van der Waals surface area contributed by atoms with E-state index in [1.54, 1.807) is 37.3 Å². The molecular formula is C25H20N4O3. The Morgan fingerprint density at radius 2 is 1.66 bits per heavy atom. The van der Waals surface area contributed by atoms with Gasteiger partial charge in [-0.25, -0.2) is 9.69 Å². The number of urea groups is 1. The first-order valence-corrected chi connectivity index (χ1v) is 9.98. The summed E-state index contributed by atoms with van der Waals surface area (Å²) < 4.78 is 1.98. The van der Waals surface area contributed by atoms with Gasteiger partial charge in [0.2, 0.25) is 0 Å². The van der Waals surface area contributed by atoms with E-state index in [0.29, 0.717) is 16.8 Å². The third-order valence-corrected chi connectivity index (χ3v) is 5.48. The predicted molar refractivity (Wildman–Crippen MR) is 120 cm³/mol. The quantitative estimate of drug-likeness (QED) is 0.509. The molecule has 4 rings (SSSR count). The zero-order valence-corrected chi connectivity index (χ0v) is 17.8. The fourth-order valence-electron chi connectivity index (χ4n) is 3.86. The average Bonchev–Trinajstić information content (AvgIpc) is 3.05. The first-order valence-electron chi connectivity index (χ1n) is 9.98. The van der Waals surface area contributed by atoms with E-state index in [9.17, 15) is 14.4 Å². The van der Waals surface area contributed by atoms with Crippen LogP contribution in [0.15, 0.2) is 60.2 Å². The van der Waals surface area contributed by atoms with Crippen LogP contribution in [0.3, 0.4) is 0 Å². The first kappa shape index (κ1) is 20.8. The van der Waals surface area contributed by atoms with E-state index < -0.39 is 17.8 Å². The summed E-state index contributed by atoms with van der Waals surface area (Å²) in [6, 6.07) is 17.3. The maximum absolute atomic E-state index is 13.2. The third kappa shape index (κ3) is 3.48. The Kier molecular flexibility index (Phi) is 5.21. The molecule has 0 spiro atoms. The van der Waals surface area contributed by atoms with Gasteiger partial charge in [0.15, 0.2) is 0 Å². The van der Waals surface area contributed by atoms with E-state index in [4.69, 9.17) is 5.26 Å². The average molecular weight is 424 g/mol. The summed E-state index contributed by atoms with van der Waals surface area (Å²) in [5.41, 5.74) is 4.87. The van der Waals surface area contributed by atoms with Crippen molar-refractivity contribution < 1.29 is 14.4 Å². The SMILES string of the molecule is Cc1ccccc1N1C(=O)NC(=O)/C(=C/c2cc(C)n(-c3ccc(C#N)cc3)c2C)C1=O. The number of carbonyl (C=O) groups is 3. The summed E-state index contributed by atoms with van der Waals surface area (Å²) >= 11 is 0. The number of nitriles is 1. The molecule has 3 aromatic rings. The molecule has 1 fully saturated rings. The Morgan fingerprint density at radius 1 is 0.969 bits per heavy atom. The van der Waals surface area contributed by atoms with E-state index in [2.05, 4.69) is 11.4 Å². The van der Waals surface area contributed by atoms with Crippen LogP contribution in [0.5, 0.6) is 0 Å². The van der Waals surface area contributed by atoms with Gasteiger partial charge in [0.25, 0.3) is 11.8 Å². The van der Waals surface area contributed by atoms with E-state index >= 15 is 0 Å². The number of amides is 4. The number of benzene rings is 2. The summed E-state index contributed by atoms with van der Waals surface area (Å²) in [6.07, 6.45) is 1.51. The highest BCUT2D eigenvalue weighted by Crippen LogP contribution is 2.27. The van der Waals surface area contributed by atoms with Crippen molar-refractivity contribution in [2.45, 2.75) is 20.8 Å². The number of barbiturate groups is 1. The van der Waals surface area contributed by atoms with Gasteiger partial charge in [-0.15, -0.1) is 0 Å². The van der Waals surface area contributed by atoms with Gasteiger partial charge in [-0.2, -0.15) is 5.26 Å². The Balaban J connectivity index is 1.77. The van der Waals surface area contributed by atoms with Gasteiger partial charge in [-0.1, -0.05) is 18.2 Å². The predicted octanol–water partition coefficient (Wildman–Crippen LogP) is 3.94. The van der Waals surface area contributed by atoms with Crippen LogP contribution in [-0.2, 0) is 9.59 Å². The molecule has 0 saturated carbocycles. The van der Waals surface area contributed by atoms with Crippen molar-refractivity contribution in [3.05, 3.63) is 88.2 Å². The van der Waals surface area contributed by atoms with Crippen LogP contribution in [0.2, 0.25) is 0 Å². The molecule has 0 aliphatic carbocycles. The molecule has 1 aliphatic heterocycles. The van der Waals surface area contributed by atoms with E-state index in [-0.39, 0.29) is 5.57 Å². The normalized spacial score (nSPS) is 15.1. The molecule has 1 aromatic heterocycles. The summed E-state index contributed by atoms with van der Waals surface area (Å²) in [7, 11) is 0. The lowest BCUT2D eigenvalue weighted by Crippen LogP contribution is -2.54. The second-order valence-corrected chi connectivity index (χ2v) is 7.56. The van der Waals surface area contributed by atoms with Crippen molar-refractivity contribution in [2.75, 3.05) is 4.90 Å². The maximum atomic E-state index is 13.2. The molecule has 0 bridgehead atoms. The Labute approximate surface area is 185 Å². The first-order chi connectivity index (χ1) is 15.3. The molecule has 158 valence electrons. The van der Waals surface area contributed by atoms with Crippen LogP contribution < -0.4 is 10.2 Å². The number of aryl methyl sites for hydroxylation is 2. The standard InChI is InChI=1S/C25H20N4O3/c1-15-6-4-5-7-22(15)29-24(31)21(23(30)27-25(29)32)13-19-12-16(2)28(17(19)3)20-10-8-18(14-26)9-11-20/h4-13H,1-3H3,(H,27,30,32)/b21-13-. The summed E-state index contributed by atoms with van der Waals surface area (Å²) in [6.45, 7) is 5.59. The molecule has 2 heterocycles. The van der Waals surface area contributed by atoms with Gasteiger partial charge in [0.05, 0.1) is 17.3 Å². The third-order valence-electron chi connectivity index (χ3n) is 5.48. The second kappa shape index (κ2) is 8.00. The van der Waals surface area contributed by atoms with E-state index in [1.165, 1.54) is 6.08 Å². The van der Waals surface area contributed by atoms with Crippen LogP contribution in [0, 0.1) is 32.1 Å². The lowest BCUT2D eigenvalue weighted by molar-refractivity contribution is -0.122. The summed E-state index contributed by atoms with van der Waals surface area (Å²) in [5, 5.41) is 11.3. The fourth-order valence-corrected chi connectivity index (χ4v) is 3.86. The number of imide groups is 2. The van der Waals surface area contributed by atoms with Crippen molar-refractivity contribution in [3.8, 4) is 11.8 Å². The van der Waals surface area contributed by atoms with Crippen molar-refractivity contribution in [3.63, 3.8) is 0 Å². The van der Waals surface area contributed by atoms with E-state index in [1.807, 2.05) is 42.7 Å². The molecule has 7 nitrogen and oxygen atoms in total. The molecule has 1 aliphatic rings. The number of hydrogen-bond donors (Lipinski definition) is 1. The van der Waals surface area contributed by atoms with Crippen LogP contribution >= 0.6 is 0 Å². The number of para-hydroxylation sites is 1. The molecule has 1 saturated heterocycles. The number of hydrogen-bond acceptors (Lipinski definition) is 4. The zero-order chi connectivity index (χ0) is 23.0. The number of nitrogens with one attached hydrogen (secondary N) is 1. The van der Waals surface area contributed by atoms with Gasteiger partial charge >= 0.3 is 6.03 Å². The Bertz CT molecular complexity index is 1340. The zero-order valence-electron chi connectivity index (χ0n) is 17.8. The second-order valence-electron chi connectivity index (χ2n) is 7.56. The van der Waals surface area contributed by atoms with Crippen molar-refractivity contribution in [2.24, 2.45) is 0 Å². The molecule has 0 atom stereocenters. The largest absolute Gasteiger partial charge is 0.335 e. The molecule has 1 N–H and O–H groups in total. The van der Waals surface area contributed by atoms with E-state index in [0.717, 1.165) is 27.5 Å². The van der Waals surface area contributed by atoms with Crippen LogP contribution in [0.4, 0.5) is 10.5 Å². The number of nitrogens with zero attached hydrogens (tertiary/aromatic N) is 3. The van der Waals surface area contributed by atoms with Gasteiger partial charge in [0, 0.05) is 17.1 Å². The summed E-state index contributed by atoms with van der Waals surface area (Å²) in [4.78, 5) is 39.2. The Hall–Kier alpha value is -4.44. The highest BCUT2D eigenvalue weighted by Gasteiger charge is 2.37. The molecule has 32 heavy (non-hydrogen) atoms. The number of carbonyl (C=O) groups excluding carboxylic acids is 3. The number of aromatic nitrogens is 1. The van der Waals surface area contributed by atoms with Crippen LogP contribution in [0.1, 0.15) is 28.1 Å². The fraction of sp³-hybridized carbons (Fsp3) is 0.120.